The van der Waals surface area contributed by atoms with Crippen molar-refractivity contribution in [2.24, 2.45) is 5.84 Å². The SMILES string of the molecule is Cc1ccnc(C(CCC2CCCO2)NN)c1. The van der Waals surface area contributed by atoms with Gasteiger partial charge in [-0.1, -0.05) is 0 Å². The van der Waals surface area contributed by atoms with Gasteiger partial charge in [-0.25, -0.2) is 0 Å². The molecule has 0 amide bonds. The van der Waals surface area contributed by atoms with Gasteiger partial charge in [-0.3, -0.25) is 16.3 Å². The monoisotopic (exact) mass is 235 g/mol. The summed E-state index contributed by atoms with van der Waals surface area (Å²) in [4.78, 5) is 4.37. The predicted octanol–water partition coefficient (Wildman–Crippen LogP) is 1.85. The molecule has 0 saturated carbocycles. The van der Waals surface area contributed by atoms with Crippen LogP contribution < -0.4 is 11.3 Å². The van der Waals surface area contributed by atoms with Crippen molar-refractivity contribution < 1.29 is 4.74 Å². The third-order valence-electron chi connectivity index (χ3n) is 3.30. The van der Waals surface area contributed by atoms with Crippen molar-refractivity contribution in [2.45, 2.75) is 44.8 Å². The molecule has 0 aromatic carbocycles. The Labute approximate surface area is 103 Å². The topological polar surface area (TPSA) is 60.2 Å². The van der Waals surface area contributed by atoms with Crippen LogP contribution in [0.15, 0.2) is 18.3 Å². The van der Waals surface area contributed by atoms with Crippen LogP contribution in [0, 0.1) is 6.92 Å². The molecule has 1 aliphatic heterocycles. The number of pyridine rings is 1. The van der Waals surface area contributed by atoms with E-state index < -0.39 is 0 Å². The van der Waals surface area contributed by atoms with Gasteiger partial charge < -0.3 is 4.74 Å². The lowest BCUT2D eigenvalue weighted by atomic mass is 10.0. The number of nitrogens with one attached hydrogen (secondary N) is 1. The number of hydrogen-bond acceptors (Lipinski definition) is 4. The number of hydrogen-bond donors (Lipinski definition) is 2. The van der Waals surface area contributed by atoms with E-state index >= 15 is 0 Å². The lowest BCUT2D eigenvalue weighted by Crippen LogP contribution is -2.29. The van der Waals surface area contributed by atoms with E-state index in [1.54, 1.807) is 0 Å². The molecule has 1 aromatic heterocycles. The van der Waals surface area contributed by atoms with Gasteiger partial charge in [0.15, 0.2) is 0 Å². The van der Waals surface area contributed by atoms with Gasteiger partial charge in [-0.05, 0) is 50.3 Å². The number of ether oxygens (including phenoxy) is 1. The van der Waals surface area contributed by atoms with Crippen LogP contribution in [0.4, 0.5) is 0 Å². The van der Waals surface area contributed by atoms with E-state index in [2.05, 4.69) is 23.4 Å². The Morgan fingerprint density at radius 2 is 2.53 bits per heavy atom. The third kappa shape index (κ3) is 3.49. The van der Waals surface area contributed by atoms with Gasteiger partial charge in [0.05, 0.1) is 17.8 Å². The van der Waals surface area contributed by atoms with Crippen LogP contribution in [0.3, 0.4) is 0 Å². The Morgan fingerprint density at radius 3 is 3.18 bits per heavy atom. The molecule has 2 atom stereocenters. The van der Waals surface area contributed by atoms with Gasteiger partial charge in [-0.15, -0.1) is 0 Å². The van der Waals surface area contributed by atoms with E-state index in [4.69, 9.17) is 10.6 Å². The van der Waals surface area contributed by atoms with E-state index in [-0.39, 0.29) is 6.04 Å². The summed E-state index contributed by atoms with van der Waals surface area (Å²) in [5.74, 6) is 5.61. The van der Waals surface area contributed by atoms with Crippen molar-refractivity contribution in [1.82, 2.24) is 10.4 Å². The first-order valence-corrected chi connectivity index (χ1v) is 6.30. The zero-order chi connectivity index (χ0) is 12.1. The van der Waals surface area contributed by atoms with Crippen LogP contribution in [0.25, 0.3) is 0 Å². The van der Waals surface area contributed by atoms with Gasteiger partial charge in [-0.2, -0.15) is 0 Å². The molecule has 2 rings (SSSR count). The maximum atomic E-state index is 5.62. The standard InChI is InChI=1S/C13H21N3O/c1-10-6-7-15-13(9-10)12(16-14)5-4-11-3-2-8-17-11/h6-7,9,11-12,16H,2-5,8,14H2,1H3. The Kier molecular flexibility index (Phi) is 4.48. The summed E-state index contributed by atoms with van der Waals surface area (Å²) in [7, 11) is 0. The van der Waals surface area contributed by atoms with Gasteiger partial charge in [0.1, 0.15) is 0 Å². The minimum absolute atomic E-state index is 0.124. The normalized spacial score (nSPS) is 21.6. The maximum absolute atomic E-state index is 5.62. The van der Waals surface area contributed by atoms with Crippen LogP contribution >= 0.6 is 0 Å². The van der Waals surface area contributed by atoms with E-state index in [0.717, 1.165) is 25.1 Å². The van der Waals surface area contributed by atoms with Crippen molar-refractivity contribution in [1.29, 1.82) is 0 Å². The van der Waals surface area contributed by atoms with Gasteiger partial charge in [0, 0.05) is 12.8 Å². The summed E-state index contributed by atoms with van der Waals surface area (Å²) >= 11 is 0. The lowest BCUT2D eigenvalue weighted by molar-refractivity contribution is 0.0995. The number of hydrazine groups is 1. The second-order valence-corrected chi connectivity index (χ2v) is 4.69. The summed E-state index contributed by atoms with van der Waals surface area (Å²) in [6.45, 7) is 2.98. The molecule has 3 N–H and O–H groups in total. The molecule has 94 valence electrons. The summed E-state index contributed by atoms with van der Waals surface area (Å²) in [6, 6.07) is 4.20. The highest BCUT2D eigenvalue weighted by Gasteiger charge is 2.18. The molecule has 0 bridgehead atoms. The molecule has 0 spiro atoms. The van der Waals surface area contributed by atoms with Crippen LogP contribution in [-0.4, -0.2) is 17.7 Å². The van der Waals surface area contributed by atoms with Crippen molar-refractivity contribution in [2.75, 3.05) is 6.61 Å². The molecule has 1 fully saturated rings. The Hall–Kier alpha value is -0.970. The Morgan fingerprint density at radius 1 is 1.65 bits per heavy atom. The van der Waals surface area contributed by atoms with Crippen LogP contribution in [0.2, 0.25) is 0 Å². The fourth-order valence-electron chi connectivity index (χ4n) is 2.29. The molecule has 0 radical (unpaired) electrons. The average Bonchev–Trinajstić information content (AvgIpc) is 2.83. The molecule has 4 nitrogen and oxygen atoms in total. The highest BCUT2D eigenvalue weighted by molar-refractivity contribution is 5.17. The van der Waals surface area contributed by atoms with E-state index in [0.29, 0.717) is 6.10 Å². The van der Waals surface area contributed by atoms with Crippen LogP contribution in [0.1, 0.15) is 43.0 Å². The number of aromatic nitrogens is 1. The van der Waals surface area contributed by atoms with Crippen molar-refractivity contribution in [3.63, 3.8) is 0 Å². The molecule has 1 saturated heterocycles. The van der Waals surface area contributed by atoms with E-state index in [9.17, 15) is 0 Å². The summed E-state index contributed by atoms with van der Waals surface area (Å²) < 4.78 is 5.62. The highest BCUT2D eigenvalue weighted by Crippen LogP contribution is 2.22. The number of aryl methyl sites for hydroxylation is 1. The lowest BCUT2D eigenvalue weighted by Gasteiger charge is -2.17. The minimum atomic E-state index is 0.124. The molecule has 17 heavy (non-hydrogen) atoms. The fraction of sp³-hybridized carbons (Fsp3) is 0.615. The molecule has 1 aromatic rings. The van der Waals surface area contributed by atoms with Crippen LogP contribution in [-0.2, 0) is 4.74 Å². The van der Waals surface area contributed by atoms with Crippen molar-refractivity contribution in [3.8, 4) is 0 Å². The minimum Gasteiger partial charge on any atom is -0.378 e. The summed E-state index contributed by atoms with van der Waals surface area (Å²) in [6.07, 6.45) is 6.63. The van der Waals surface area contributed by atoms with Gasteiger partial charge in [0.25, 0.3) is 0 Å². The molecule has 2 heterocycles. The zero-order valence-electron chi connectivity index (χ0n) is 10.4. The van der Waals surface area contributed by atoms with Gasteiger partial charge >= 0.3 is 0 Å². The molecule has 4 heteroatoms. The number of rotatable bonds is 5. The Balaban J connectivity index is 1.91. The highest BCUT2D eigenvalue weighted by atomic mass is 16.5. The maximum Gasteiger partial charge on any atom is 0.0633 e. The second-order valence-electron chi connectivity index (χ2n) is 4.69. The average molecular weight is 235 g/mol. The van der Waals surface area contributed by atoms with E-state index in [1.807, 2.05) is 12.3 Å². The smallest absolute Gasteiger partial charge is 0.0633 e. The summed E-state index contributed by atoms with van der Waals surface area (Å²) in [5.41, 5.74) is 5.09. The zero-order valence-corrected chi connectivity index (χ0v) is 10.4. The predicted molar refractivity (Wildman–Crippen MR) is 67.2 cm³/mol. The quantitative estimate of drug-likeness (QED) is 0.604. The van der Waals surface area contributed by atoms with Crippen molar-refractivity contribution in [3.05, 3.63) is 29.6 Å². The molecule has 2 unspecified atom stereocenters. The van der Waals surface area contributed by atoms with Crippen LogP contribution in [0.5, 0.6) is 0 Å². The molecule has 0 aliphatic carbocycles. The molecular formula is C13H21N3O. The second kappa shape index (κ2) is 6.10. The Bertz CT molecular complexity index is 350. The number of nitrogens with two attached hydrogens (primary N) is 1. The fourth-order valence-corrected chi connectivity index (χ4v) is 2.29. The first-order chi connectivity index (χ1) is 8.29. The van der Waals surface area contributed by atoms with E-state index in [1.165, 1.54) is 18.4 Å². The van der Waals surface area contributed by atoms with Crippen molar-refractivity contribution >= 4 is 0 Å². The first kappa shape index (κ1) is 12.5. The number of nitrogens with zero attached hydrogens (tertiary/aromatic N) is 1. The summed E-state index contributed by atoms with van der Waals surface area (Å²) in [5, 5.41) is 0. The van der Waals surface area contributed by atoms with Gasteiger partial charge in [0.2, 0.25) is 0 Å². The molecule has 1 aliphatic rings. The molecular weight excluding hydrogens is 214 g/mol. The third-order valence-corrected chi connectivity index (χ3v) is 3.30. The largest absolute Gasteiger partial charge is 0.378 e. The first-order valence-electron chi connectivity index (χ1n) is 6.30.